The molecule has 5 nitrogen and oxygen atoms in total. The van der Waals surface area contributed by atoms with Crippen LogP contribution in [0, 0.1) is 6.92 Å². The number of pyridine rings is 1. The molecule has 0 radical (unpaired) electrons. The summed E-state index contributed by atoms with van der Waals surface area (Å²) in [4.78, 5) is 16.7. The average molecular weight is 396 g/mol. The fourth-order valence-corrected chi connectivity index (χ4v) is 3.33. The minimum absolute atomic E-state index is 0.0320. The molecule has 2 heterocycles. The molecule has 4 aromatic rings. The molecule has 1 amide bonds. The van der Waals surface area contributed by atoms with Crippen LogP contribution in [0.1, 0.15) is 22.4 Å². The third-order valence-electron chi connectivity index (χ3n) is 4.89. The number of carbonyl (C=O) groups excluding carboxylic acids is 1. The molecule has 30 heavy (non-hydrogen) atoms. The van der Waals surface area contributed by atoms with Gasteiger partial charge in [0.15, 0.2) is 0 Å². The van der Waals surface area contributed by atoms with Gasteiger partial charge in [-0.3, -0.25) is 14.5 Å². The van der Waals surface area contributed by atoms with Crippen molar-refractivity contribution in [3.05, 3.63) is 108 Å². The highest BCUT2D eigenvalue weighted by atomic mass is 16.1. The average Bonchev–Trinajstić information content (AvgIpc) is 3.18. The fraction of sp³-hybridized carbons (Fsp3) is 0.160. The number of hydrogen-bond acceptors (Lipinski definition) is 3. The van der Waals surface area contributed by atoms with Gasteiger partial charge in [-0.05, 0) is 24.1 Å². The normalized spacial score (nSPS) is 10.7. The molecule has 4 rings (SSSR count). The summed E-state index contributed by atoms with van der Waals surface area (Å²) in [5.41, 5.74) is 5.95. The number of carbonyl (C=O) groups is 1. The zero-order valence-corrected chi connectivity index (χ0v) is 17.0. The first-order valence-electron chi connectivity index (χ1n) is 10.0. The maximum Gasteiger partial charge on any atom is 0.224 e. The Balaban J connectivity index is 1.50. The lowest BCUT2D eigenvalue weighted by Gasteiger charge is -2.06. The third kappa shape index (κ3) is 5.00. The van der Waals surface area contributed by atoms with Crippen molar-refractivity contribution >= 4 is 5.91 Å². The predicted octanol–water partition coefficient (Wildman–Crippen LogP) is 4.16. The third-order valence-corrected chi connectivity index (χ3v) is 4.89. The van der Waals surface area contributed by atoms with Crippen molar-refractivity contribution in [2.75, 3.05) is 0 Å². The second kappa shape index (κ2) is 9.18. The van der Waals surface area contributed by atoms with E-state index in [0.29, 0.717) is 19.5 Å². The molecule has 2 aromatic heterocycles. The van der Waals surface area contributed by atoms with Crippen molar-refractivity contribution in [2.45, 2.75) is 26.4 Å². The second-order valence-electron chi connectivity index (χ2n) is 7.31. The molecular weight excluding hydrogens is 372 g/mol. The SMILES string of the molecule is Cc1ccc(CC(=O)NCc2cn(Cc3ccccc3)nc2-c2ccccc2)cn1. The van der Waals surface area contributed by atoms with Crippen molar-refractivity contribution in [1.29, 1.82) is 0 Å². The number of nitrogens with one attached hydrogen (secondary N) is 1. The molecule has 0 aliphatic rings. The van der Waals surface area contributed by atoms with Gasteiger partial charge in [0.05, 0.1) is 18.7 Å². The monoisotopic (exact) mass is 396 g/mol. The van der Waals surface area contributed by atoms with Gasteiger partial charge in [-0.2, -0.15) is 5.10 Å². The molecule has 0 atom stereocenters. The molecular formula is C25H24N4O. The van der Waals surface area contributed by atoms with E-state index >= 15 is 0 Å². The molecule has 0 saturated heterocycles. The van der Waals surface area contributed by atoms with Gasteiger partial charge in [0.1, 0.15) is 0 Å². The Bertz CT molecular complexity index is 1100. The van der Waals surface area contributed by atoms with Crippen LogP contribution in [0.5, 0.6) is 0 Å². The summed E-state index contributed by atoms with van der Waals surface area (Å²) in [6.07, 6.45) is 4.08. The summed E-state index contributed by atoms with van der Waals surface area (Å²) in [5.74, 6) is -0.0320. The number of aryl methyl sites for hydroxylation is 1. The Morgan fingerprint density at radius 1 is 0.933 bits per heavy atom. The van der Waals surface area contributed by atoms with E-state index < -0.39 is 0 Å². The van der Waals surface area contributed by atoms with Gasteiger partial charge in [0.2, 0.25) is 5.91 Å². The van der Waals surface area contributed by atoms with E-state index in [2.05, 4.69) is 22.4 Å². The number of nitrogens with zero attached hydrogens (tertiary/aromatic N) is 3. The van der Waals surface area contributed by atoms with Crippen LogP contribution in [-0.2, 0) is 24.3 Å². The Morgan fingerprint density at radius 3 is 2.37 bits per heavy atom. The maximum atomic E-state index is 12.5. The van der Waals surface area contributed by atoms with Crippen molar-refractivity contribution < 1.29 is 4.79 Å². The lowest BCUT2D eigenvalue weighted by Crippen LogP contribution is -2.24. The number of amides is 1. The standard InChI is InChI=1S/C25H24N4O/c1-19-12-13-21(15-26-19)14-24(30)27-16-23-18-29(17-20-8-4-2-5-9-20)28-25(23)22-10-6-3-7-11-22/h2-13,15,18H,14,16-17H2,1H3,(H,27,30). The number of aromatic nitrogens is 3. The van der Waals surface area contributed by atoms with Gasteiger partial charge < -0.3 is 5.32 Å². The topological polar surface area (TPSA) is 59.8 Å². The van der Waals surface area contributed by atoms with E-state index in [9.17, 15) is 4.79 Å². The summed E-state index contributed by atoms with van der Waals surface area (Å²) >= 11 is 0. The molecule has 0 bridgehead atoms. The molecule has 150 valence electrons. The van der Waals surface area contributed by atoms with Gasteiger partial charge in [-0.25, -0.2) is 0 Å². The van der Waals surface area contributed by atoms with Crippen molar-refractivity contribution in [3.8, 4) is 11.3 Å². The van der Waals surface area contributed by atoms with E-state index in [0.717, 1.165) is 28.1 Å². The van der Waals surface area contributed by atoms with E-state index in [4.69, 9.17) is 5.10 Å². The predicted molar refractivity (Wildman–Crippen MR) is 118 cm³/mol. The minimum atomic E-state index is -0.0320. The molecule has 0 unspecified atom stereocenters. The fourth-order valence-electron chi connectivity index (χ4n) is 3.33. The summed E-state index contributed by atoms with van der Waals surface area (Å²) < 4.78 is 1.93. The van der Waals surface area contributed by atoms with Crippen LogP contribution in [0.25, 0.3) is 11.3 Å². The molecule has 0 aliphatic carbocycles. The summed E-state index contributed by atoms with van der Waals surface area (Å²) in [5, 5.41) is 7.83. The summed E-state index contributed by atoms with van der Waals surface area (Å²) in [6, 6.07) is 24.2. The maximum absolute atomic E-state index is 12.5. The van der Waals surface area contributed by atoms with Crippen LogP contribution in [0.15, 0.2) is 85.2 Å². The van der Waals surface area contributed by atoms with E-state index in [-0.39, 0.29) is 5.91 Å². The molecule has 0 aliphatic heterocycles. The van der Waals surface area contributed by atoms with Crippen LogP contribution in [-0.4, -0.2) is 20.7 Å². The van der Waals surface area contributed by atoms with E-state index in [1.807, 2.05) is 78.5 Å². The van der Waals surface area contributed by atoms with Crippen LogP contribution < -0.4 is 5.32 Å². The highest BCUT2D eigenvalue weighted by Crippen LogP contribution is 2.22. The Kier molecular flexibility index (Phi) is 5.99. The van der Waals surface area contributed by atoms with Gasteiger partial charge in [-0.1, -0.05) is 66.7 Å². The largest absolute Gasteiger partial charge is 0.352 e. The highest BCUT2D eigenvalue weighted by molar-refractivity contribution is 5.78. The zero-order valence-electron chi connectivity index (χ0n) is 17.0. The first-order valence-corrected chi connectivity index (χ1v) is 10.0. The lowest BCUT2D eigenvalue weighted by atomic mass is 10.1. The Labute approximate surface area is 176 Å². The number of rotatable bonds is 7. The van der Waals surface area contributed by atoms with Crippen molar-refractivity contribution in [2.24, 2.45) is 0 Å². The zero-order chi connectivity index (χ0) is 20.8. The summed E-state index contributed by atoms with van der Waals surface area (Å²) in [6.45, 7) is 3.04. The van der Waals surface area contributed by atoms with E-state index in [1.165, 1.54) is 5.56 Å². The molecule has 0 saturated carbocycles. The molecule has 2 aromatic carbocycles. The van der Waals surface area contributed by atoms with Gasteiger partial charge >= 0.3 is 0 Å². The first-order chi connectivity index (χ1) is 14.7. The van der Waals surface area contributed by atoms with Crippen LogP contribution in [0.3, 0.4) is 0 Å². The van der Waals surface area contributed by atoms with Crippen LogP contribution in [0.4, 0.5) is 0 Å². The summed E-state index contributed by atoms with van der Waals surface area (Å²) in [7, 11) is 0. The Hall–Kier alpha value is -3.73. The molecule has 0 spiro atoms. The highest BCUT2D eigenvalue weighted by Gasteiger charge is 2.13. The minimum Gasteiger partial charge on any atom is -0.352 e. The van der Waals surface area contributed by atoms with Crippen LogP contribution >= 0.6 is 0 Å². The van der Waals surface area contributed by atoms with Gasteiger partial charge in [0.25, 0.3) is 0 Å². The number of hydrogen-bond donors (Lipinski definition) is 1. The second-order valence-corrected chi connectivity index (χ2v) is 7.31. The smallest absolute Gasteiger partial charge is 0.224 e. The van der Waals surface area contributed by atoms with Gasteiger partial charge in [-0.15, -0.1) is 0 Å². The number of benzene rings is 2. The Morgan fingerprint density at radius 2 is 1.67 bits per heavy atom. The van der Waals surface area contributed by atoms with Crippen molar-refractivity contribution in [3.63, 3.8) is 0 Å². The van der Waals surface area contributed by atoms with Crippen LogP contribution in [0.2, 0.25) is 0 Å². The first kappa shape index (κ1) is 19.6. The molecule has 0 fully saturated rings. The van der Waals surface area contributed by atoms with Gasteiger partial charge in [0, 0.05) is 35.8 Å². The molecule has 5 heteroatoms. The van der Waals surface area contributed by atoms with E-state index in [1.54, 1.807) is 6.20 Å². The van der Waals surface area contributed by atoms with Crippen molar-refractivity contribution in [1.82, 2.24) is 20.1 Å². The quantitative estimate of drug-likeness (QED) is 0.510. The lowest BCUT2D eigenvalue weighted by molar-refractivity contribution is -0.120. The molecule has 1 N–H and O–H groups in total.